The highest BCUT2D eigenvalue weighted by molar-refractivity contribution is 5.68. The summed E-state index contributed by atoms with van der Waals surface area (Å²) < 4.78 is 9.87. The van der Waals surface area contributed by atoms with Gasteiger partial charge in [-0.3, -0.25) is 0 Å². The fraction of sp³-hybridized carbons (Fsp3) is 0.769. The Morgan fingerprint density at radius 3 is 2.80 bits per heavy atom. The minimum absolute atomic E-state index is 0.201. The van der Waals surface area contributed by atoms with Crippen LogP contribution in [-0.2, 0) is 11.2 Å². The second-order valence-corrected chi connectivity index (χ2v) is 6.06. The summed E-state index contributed by atoms with van der Waals surface area (Å²) in [5.74, 6) is 0.709. The first kappa shape index (κ1) is 14.8. The molecule has 1 amide bonds. The van der Waals surface area contributed by atoms with E-state index in [1.54, 1.807) is 0 Å². The second-order valence-electron chi connectivity index (χ2n) is 6.06. The van der Waals surface area contributed by atoms with E-state index in [2.05, 4.69) is 25.3 Å². The average molecular weight is 282 g/mol. The van der Waals surface area contributed by atoms with Crippen molar-refractivity contribution < 1.29 is 14.1 Å². The summed E-state index contributed by atoms with van der Waals surface area (Å²) in [6.07, 6.45) is 3.58. The van der Waals surface area contributed by atoms with Gasteiger partial charge in [0.1, 0.15) is 5.60 Å². The van der Waals surface area contributed by atoms with E-state index >= 15 is 0 Å². The maximum absolute atomic E-state index is 11.6. The first-order valence-corrected chi connectivity index (χ1v) is 6.90. The fourth-order valence-corrected chi connectivity index (χ4v) is 2.07. The molecule has 0 aliphatic heterocycles. The molecule has 2 rings (SSSR count). The number of alkyl carbamates (subject to hydrolysis) is 1. The number of rotatable bonds is 5. The van der Waals surface area contributed by atoms with Crippen LogP contribution in [0, 0.1) is 0 Å². The standard InChI is InChI=1S/C13H22N4O3/c1-13(2,3)20-12(18)16-10-6-9(7-10)14-5-4-11-15-8-19-17-11/h8-10,14H,4-7H2,1-3H3,(H,16,18). The van der Waals surface area contributed by atoms with Crippen molar-refractivity contribution in [2.45, 2.75) is 57.7 Å². The van der Waals surface area contributed by atoms with Gasteiger partial charge in [0.15, 0.2) is 5.82 Å². The summed E-state index contributed by atoms with van der Waals surface area (Å²) in [6, 6.07) is 0.634. The molecule has 1 fully saturated rings. The molecule has 0 spiro atoms. The van der Waals surface area contributed by atoms with Crippen molar-refractivity contribution in [2.24, 2.45) is 0 Å². The lowest BCUT2D eigenvalue weighted by Crippen LogP contribution is -2.53. The van der Waals surface area contributed by atoms with Crippen LogP contribution in [0.2, 0.25) is 0 Å². The molecule has 1 aliphatic carbocycles. The summed E-state index contributed by atoms with van der Waals surface area (Å²) in [7, 11) is 0. The van der Waals surface area contributed by atoms with E-state index in [9.17, 15) is 4.79 Å². The van der Waals surface area contributed by atoms with Crippen LogP contribution in [0.5, 0.6) is 0 Å². The third kappa shape index (κ3) is 4.80. The van der Waals surface area contributed by atoms with Gasteiger partial charge in [-0.25, -0.2) is 4.79 Å². The Bertz CT molecular complexity index is 421. The summed E-state index contributed by atoms with van der Waals surface area (Å²) in [5, 5.41) is 10.0. The SMILES string of the molecule is CC(C)(C)OC(=O)NC1CC(NCCc2ncon2)C1. The van der Waals surface area contributed by atoms with E-state index in [-0.39, 0.29) is 12.1 Å². The zero-order valence-electron chi connectivity index (χ0n) is 12.2. The molecule has 0 radical (unpaired) electrons. The van der Waals surface area contributed by atoms with E-state index in [0.29, 0.717) is 11.9 Å². The Hall–Kier alpha value is -1.63. The number of ether oxygens (including phenoxy) is 1. The highest BCUT2D eigenvalue weighted by atomic mass is 16.6. The van der Waals surface area contributed by atoms with Crippen LogP contribution in [0.4, 0.5) is 4.79 Å². The van der Waals surface area contributed by atoms with Crippen molar-refractivity contribution in [1.29, 1.82) is 0 Å². The number of hydrogen-bond acceptors (Lipinski definition) is 6. The number of amides is 1. The molecule has 1 aliphatic rings. The molecule has 7 nitrogen and oxygen atoms in total. The molecule has 0 atom stereocenters. The van der Waals surface area contributed by atoms with Gasteiger partial charge in [-0.1, -0.05) is 5.16 Å². The van der Waals surface area contributed by atoms with Crippen molar-refractivity contribution in [1.82, 2.24) is 20.8 Å². The molecule has 0 bridgehead atoms. The Morgan fingerprint density at radius 2 is 2.20 bits per heavy atom. The Labute approximate surface area is 118 Å². The van der Waals surface area contributed by atoms with Gasteiger partial charge in [0.2, 0.25) is 6.39 Å². The Morgan fingerprint density at radius 1 is 1.45 bits per heavy atom. The highest BCUT2D eigenvalue weighted by Crippen LogP contribution is 2.20. The molecule has 0 aromatic carbocycles. The van der Waals surface area contributed by atoms with E-state index < -0.39 is 5.60 Å². The van der Waals surface area contributed by atoms with Crippen LogP contribution in [-0.4, -0.2) is 40.5 Å². The number of aromatic nitrogens is 2. The number of nitrogens with one attached hydrogen (secondary N) is 2. The van der Waals surface area contributed by atoms with Gasteiger partial charge in [0, 0.05) is 25.0 Å². The monoisotopic (exact) mass is 282 g/mol. The van der Waals surface area contributed by atoms with Crippen molar-refractivity contribution in [3.8, 4) is 0 Å². The molecular formula is C13H22N4O3. The first-order valence-electron chi connectivity index (χ1n) is 6.90. The summed E-state index contributed by atoms with van der Waals surface area (Å²) >= 11 is 0. The van der Waals surface area contributed by atoms with Crippen LogP contribution >= 0.6 is 0 Å². The molecule has 0 unspecified atom stereocenters. The van der Waals surface area contributed by atoms with Crippen LogP contribution in [0.1, 0.15) is 39.4 Å². The lowest BCUT2D eigenvalue weighted by molar-refractivity contribution is 0.0465. The van der Waals surface area contributed by atoms with Gasteiger partial charge in [0.05, 0.1) is 0 Å². The zero-order valence-corrected chi connectivity index (χ0v) is 12.2. The number of nitrogens with zero attached hydrogens (tertiary/aromatic N) is 2. The molecular weight excluding hydrogens is 260 g/mol. The predicted molar refractivity (Wildman–Crippen MR) is 72.2 cm³/mol. The van der Waals surface area contributed by atoms with Gasteiger partial charge >= 0.3 is 6.09 Å². The topological polar surface area (TPSA) is 89.3 Å². The van der Waals surface area contributed by atoms with Crippen LogP contribution in [0.15, 0.2) is 10.9 Å². The van der Waals surface area contributed by atoms with E-state index in [1.807, 2.05) is 20.8 Å². The molecule has 1 heterocycles. The van der Waals surface area contributed by atoms with Gasteiger partial charge in [-0.2, -0.15) is 4.98 Å². The average Bonchev–Trinajstić information content (AvgIpc) is 2.75. The quantitative estimate of drug-likeness (QED) is 0.845. The van der Waals surface area contributed by atoms with Gasteiger partial charge in [-0.05, 0) is 33.6 Å². The molecule has 1 saturated carbocycles. The van der Waals surface area contributed by atoms with Crippen LogP contribution < -0.4 is 10.6 Å². The van der Waals surface area contributed by atoms with Crippen LogP contribution in [0.3, 0.4) is 0 Å². The van der Waals surface area contributed by atoms with E-state index in [1.165, 1.54) is 6.39 Å². The maximum Gasteiger partial charge on any atom is 0.407 e. The highest BCUT2D eigenvalue weighted by Gasteiger charge is 2.31. The maximum atomic E-state index is 11.6. The molecule has 1 aromatic heterocycles. The van der Waals surface area contributed by atoms with E-state index in [0.717, 1.165) is 25.8 Å². The Kier molecular flexibility index (Phi) is 4.59. The minimum Gasteiger partial charge on any atom is -0.444 e. The largest absolute Gasteiger partial charge is 0.444 e. The second kappa shape index (κ2) is 6.21. The summed E-state index contributed by atoms with van der Waals surface area (Å²) in [6.45, 7) is 6.38. The lowest BCUT2D eigenvalue weighted by Gasteiger charge is -2.36. The van der Waals surface area contributed by atoms with Crippen molar-refractivity contribution >= 4 is 6.09 Å². The smallest absolute Gasteiger partial charge is 0.407 e. The van der Waals surface area contributed by atoms with Gasteiger partial charge in [-0.15, -0.1) is 0 Å². The van der Waals surface area contributed by atoms with E-state index in [4.69, 9.17) is 4.74 Å². The number of carbonyl (C=O) groups excluding carboxylic acids is 1. The number of carbonyl (C=O) groups is 1. The van der Waals surface area contributed by atoms with Crippen molar-refractivity contribution in [2.75, 3.05) is 6.54 Å². The molecule has 7 heteroatoms. The lowest BCUT2D eigenvalue weighted by atomic mass is 9.87. The molecule has 2 N–H and O–H groups in total. The molecule has 20 heavy (non-hydrogen) atoms. The first-order chi connectivity index (χ1) is 9.42. The minimum atomic E-state index is -0.448. The van der Waals surface area contributed by atoms with Crippen LogP contribution in [0.25, 0.3) is 0 Å². The van der Waals surface area contributed by atoms with Crippen molar-refractivity contribution in [3.05, 3.63) is 12.2 Å². The predicted octanol–water partition coefficient (Wildman–Crippen LogP) is 1.26. The van der Waals surface area contributed by atoms with Crippen molar-refractivity contribution in [3.63, 3.8) is 0 Å². The fourth-order valence-electron chi connectivity index (χ4n) is 2.07. The third-order valence-corrected chi connectivity index (χ3v) is 3.05. The third-order valence-electron chi connectivity index (χ3n) is 3.05. The summed E-state index contributed by atoms with van der Waals surface area (Å²) in [5.41, 5.74) is -0.448. The Balaban J connectivity index is 1.55. The molecule has 112 valence electrons. The normalized spacial score (nSPS) is 22.1. The van der Waals surface area contributed by atoms with Gasteiger partial charge in [0.25, 0.3) is 0 Å². The van der Waals surface area contributed by atoms with Gasteiger partial charge < -0.3 is 19.9 Å². The number of hydrogen-bond donors (Lipinski definition) is 2. The zero-order chi connectivity index (χ0) is 14.6. The molecule has 1 aromatic rings. The summed E-state index contributed by atoms with van der Waals surface area (Å²) in [4.78, 5) is 15.5. The molecule has 0 saturated heterocycles.